The van der Waals surface area contributed by atoms with Crippen LogP contribution in [0, 0.1) is 11.3 Å². The molecule has 11 heavy (non-hydrogen) atoms. The molecule has 0 aliphatic heterocycles. The van der Waals surface area contributed by atoms with Crippen molar-refractivity contribution in [3.63, 3.8) is 0 Å². The van der Waals surface area contributed by atoms with Gasteiger partial charge >= 0.3 is 0 Å². The van der Waals surface area contributed by atoms with Crippen LogP contribution in [0.5, 0.6) is 0 Å². The van der Waals surface area contributed by atoms with Crippen molar-refractivity contribution in [3.05, 3.63) is 12.7 Å². The van der Waals surface area contributed by atoms with Crippen molar-refractivity contribution in [1.82, 2.24) is 5.32 Å². The summed E-state index contributed by atoms with van der Waals surface area (Å²) in [4.78, 5) is 0. The van der Waals surface area contributed by atoms with Crippen LogP contribution in [-0.2, 0) is 0 Å². The largest absolute Gasteiger partial charge is 0.299 e. The van der Waals surface area contributed by atoms with E-state index in [0.717, 1.165) is 12.8 Å². The number of nitriles is 1. The molecule has 2 atom stereocenters. The lowest BCUT2D eigenvalue weighted by atomic mass is 10.2. The number of hydrogen-bond acceptors (Lipinski definition) is 2. The van der Waals surface area contributed by atoms with E-state index in [1.54, 1.807) is 0 Å². The van der Waals surface area contributed by atoms with E-state index >= 15 is 0 Å². The maximum atomic E-state index is 8.60. The average molecular weight is 152 g/mol. The summed E-state index contributed by atoms with van der Waals surface area (Å²) in [5.41, 5.74) is 0. The molecule has 0 rings (SSSR count). The number of nitrogens with zero attached hydrogens (tertiary/aromatic N) is 1. The second kappa shape index (κ2) is 5.94. The summed E-state index contributed by atoms with van der Waals surface area (Å²) < 4.78 is 0. The van der Waals surface area contributed by atoms with Gasteiger partial charge in [-0.2, -0.15) is 5.26 Å². The molecule has 0 amide bonds. The van der Waals surface area contributed by atoms with Gasteiger partial charge < -0.3 is 0 Å². The molecular formula is C9H16N2. The number of hydrogen-bond donors (Lipinski definition) is 1. The maximum absolute atomic E-state index is 8.60. The number of rotatable bonds is 5. The predicted octanol–water partition coefficient (Wildman–Crippen LogP) is 1.84. The fourth-order valence-electron chi connectivity index (χ4n) is 0.908. The predicted molar refractivity (Wildman–Crippen MR) is 47.1 cm³/mol. The molecule has 0 saturated heterocycles. The van der Waals surface area contributed by atoms with Gasteiger partial charge in [-0.15, -0.1) is 6.58 Å². The first kappa shape index (κ1) is 10.2. The van der Waals surface area contributed by atoms with Crippen LogP contribution in [0.3, 0.4) is 0 Å². The third-order valence-electron chi connectivity index (χ3n) is 1.57. The Kier molecular flexibility index (Phi) is 5.50. The summed E-state index contributed by atoms with van der Waals surface area (Å²) in [6, 6.07) is 2.54. The molecule has 1 N–H and O–H groups in total. The molecule has 0 saturated carbocycles. The maximum Gasteiger partial charge on any atom is 0.0952 e. The second-order valence-electron chi connectivity index (χ2n) is 2.68. The highest BCUT2D eigenvalue weighted by Gasteiger charge is 2.06. The van der Waals surface area contributed by atoms with Crippen LogP contribution in [0.25, 0.3) is 0 Å². The van der Waals surface area contributed by atoms with Crippen molar-refractivity contribution in [2.45, 2.75) is 38.8 Å². The minimum Gasteiger partial charge on any atom is -0.299 e. The summed E-state index contributed by atoms with van der Waals surface area (Å²) in [5, 5.41) is 11.8. The van der Waals surface area contributed by atoms with Gasteiger partial charge in [0, 0.05) is 6.04 Å². The summed E-state index contributed by atoms with van der Waals surface area (Å²) in [6.45, 7) is 7.70. The lowest BCUT2D eigenvalue weighted by Crippen LogP contribution is -2.34. The first-order valence-electron chi connectivity index (χ1n) is 4.01. The highest BCUT2D eigenvalue weighted by Crippen LogP contribution is 1.95. The summed E-state index contributed by atoms with van der Waals surface area (Å²) in [6.07, 6.45) is 3.64. The van der Waals surface area contributed by atoms with E-state index in [1.165, 1.54) is 0 Å². The lowest BCUT2D eigenvalue weighted by Gasteiger charge is -2.14. The van der Waals surface area contributed by atoms with Crippen molar-refractivity contribution < 1.29 is 0 Å². The zero-order chi connectivity index (χ0) is 8.69. The standard InChI is InChI=1S/C9H16N2/c1-4-6-8(3)11-9(5-2)7-10/h4,8-9,11H,1,5-6H2,2-3H3. The van der Waals surface area contributed by atoms with Gasteiger partial charge in [0.05, 0.1) is 12.1 Å². The van der Waals surface area contributed by atoms with Crippen LogP contribution in [0.2, 0.25) is 0 Å². The Bertz CT molecular complexity index is 146. The van der Waals surface area contributed by atoms with Crippen molar-refractivity contribution in [1.29, 1.82) is 5.26 Å². The van der Waals surface area contributed by atoms with E-state index < -0.39 is 0 Å². The van der Waals surface area contributed by atoms with Gasteiger partial charge in [-0.1, -0.05) is 13.0 Å². The molecule has 0 aromatic heterocycles. The number of nitrogens with one attached hydrogen (secondary N) is 1. The zero-order valence-corrected chi connectivity index (χ0v) is 7.30. The van der Waals surface area contributed by atoms with Gasteiger partial charge in [0.2, 0.25) is 0 Å². The summed E-state index contributed by atoms with van der Waals surface area (Å²) in [7, 11) is 0. The van der Waals surface area contributed by atoms with Crippen LogP contribution >= 0.6 is 0 Å². The van der Waals surface area contributed by atoms with E-state index in [0.29, 0.717) is 6.04 Å². The van der Waals surface area contributed by atoms with Crippen molar-refractivity contribution in [2.75, 3.05) is 0 Å². The Morgan fingerprint density at radius 2 is 2.36 bits per heavy atom. The second-order valence-corrected chi connectivity index (χ2v) is 2.68. The quantitative estimate of drug-likeness (QED) is 0.610. The molecule has 0 spiro atoms. The highest BCUT2D eigenvalue weighted by molar-refractivity contribution is 4.91. The van der Waals surface area contributed by atoms with Crippen molar-refractivity contribution in [3.8, 4) is 6.07 Å². The third-order valence-corrected chi connectivity index (χ3v) is 1.57. The van der Waals surface area contributed by atoms with Crippen LogP contribution in [-0.4, -0.2) is 12.1 Å². The third kappa shape index (κ3) is 4.58. The van der Waals surface area contributed by atoms with E-state index in [9.17, 15) is 0 Å². The minimum atomic E-state index is -0.00931. The van der Waals surface area contributed by atoms with Crippen LogP contribution < -0.4 is 5.32 Å². The molecule has 0 aliphatic carbocycles. The Labute approximate surface area is 68.9 Å². The molecule has 0 aromatic rings. The van der Waals surface area contributed by atoms with Crippen LogP contribution in [0.1, 0.15) is 26.7 Å². The van der Waals surface area contributed by atoms with Gasteiger partial charge in [0.15, 0.2) is 0 Å². The summed E-state index contributed by atoms with van der Waals surface area (Å²) >= 11 is 0. The first-order chi connectivity index (χ1) is 5.24. The van der Waals surface area contributed by atoms with Crippen LogP contribution in [0.4, 0.5) is 0 Å². The van der Waals surface area contributed by atoms with E-state index in [1.807, 2.05) is 13.0 Å². The molecule has 0 aromatic carbocycles. The fourth-order valence-corrected chi connectivity index (χ4v) is 0.908. The zero-order valence-electron chi connectivity index (χ0n) is 7.30. The van der Waals surface area contributed by atoms with E-state index in [2.05, 4.69) is 24.9 Å². The van der Waals surface area contributed by atoms with Crippen molar-refractivity contribution in [2.24, 2.45) is 0 Å². The van der Waals surface area contributed by atoms with E-state index in [4.69, 9.17) is 5.26 Å². The SMILES string of the molecule is C=CCC(C)NC(C#N)CC. The molecule has 0 aliphatic rings. The molecule has 2 unspecified atom stereocenters. The average Bonchev–Trinajstić information content (AvgIpc) is 2.01. The Morgan fingerprint density at radius 1 is 1.73 bits per heavy atom. The first-order valence-corrected chi connectivity index (χ1v) is 4.01. The van der Waals surface area contributed by atoms with E-state index in [-0.39, 0.29) is 6.04 Å². The molecule has 2 nitrogen and oxygen atoms in total. The van der Waals surface area contributed by atoms with Gasteiger partial charge in [-0.25, -0.2) is 0 Å². The minimum absolute atomic E-state index is 0.00931. The molecule has 0 fully saturated rings. The lowest BCUT2D eigenvalue weighted by molar-refractivity contribution is 0.496. The Balaban J connectivity index is 3.63. The monoisotopic (exact) mass is 152 g/mol. The molecule has 0 heterocycles. The topological polar surface area (TPSA) is 35.8 Å². The molecule has 2 heteroatoms. The summed E-state index contributed by atoms with van der Waals surface area (Å²) in [5.74, 6) is 0. The van der Waals surface area contributed by atoms with Gasteiger partial charge in [-0.05, 0) is 19.8 Å². The fraction of sp³-hybridized carbons (Fsp3) is 0.667. The molecule has 0 bridgehead atoms. The molecular weight excluding hydrogens is 136 g/mol. The highest BCUT2D eigenvalue weighted by atomic mass is 14.9. The van der Waals surface area contributed by atoms with Gasteiger partial charge in [0.1, 0.15) is 0 Å². The van der Waals surface area contributed by atoms with Gasteiger partial charge in [0.25, 0.3) is 0 Å². The van der Waals surface area contributed by atoms with Crippen LogP contribution in [0.15, 0.2) is 12.7 Å². The Hall–Kier alpha value is -0.810. The normalized spacial score (nSPS) is 15.0. The molecule has 0 radical (unpaired) electrons. The smallest absolute Gasteiger partial charge is 0.0952 e. The van der Waals surface area contributed by atoms with Gasteiger partial charge in [-0.3, -0.25) is 5.32 Å². The Morgan fingerprint density at radius 3 is 2.73 bits per heavy atom. The van der Waals surface area contributed by atoms with Crippen molar-refractivity contribution >= 4 is 0 Å². The molecule has 62 valence electrons.